The Morgan fingerprint density at radius 2 is 1.43 bits per heavy atom. The van der Waals surface area contributed by atoms with Crippen LogP contribution in [0.1, 0.15) is 11.1 Å². The predicted molar refractivity (Wildman–Crippen MR) is 77.4 cm³/mol. The normalized spacial score (nSPS) is 11.0. The van der Waals surface area contributed by atoms with Crippen LogP contribution in [-0.2, 0) is 6.42 Å². The molecule has 0 nitrogen and oxygen atoms in total. The SMILES string of the molecule is Fc1cc(C[CH]c2ccc3ccccc3c2)cc(F)c1F. The molecule has 0 aliphatic rings. The first kappa shape index (κ1) is 13.7. The van der Waals surface area contributed by atoms with E-state index in [2.05, 4.69) is 0 Å². The van der Waals surface area contributed by atoms with Crippen LogP contribution in [0.5, 0.6) is 0 Å². The molecule has 0 amide bonds. The second-order valence-corrected chi connectivity index (χ2v) is 4.89. The molecule has 0 atom stereocenters. The first-order valence-corrected chi connectivity index (χ1v) is 6.59. The van der Waals surface area contributed by atoms with Crippen LogP contribution in [0, 0.1) is 23.9 Å². The van der Waals surface area contributed by atoms with Crippen molar-refractivity contribution in [2.24, 2.45) is 0 Å². The Balaban J connectivity index is 1.80. The van der Waals surface area contributed by atoms with Gasteiger partial charge in [0.05, 0.1) is 0 Å². The third-order valence-electron chi connectivity index (χ3n) is 3.39. The van der Waals surface area contributed by atoms with E-state index >= 15 is 0 Å². The average molecular weight is 285 g/mol. The van der Waals surface area contributed by atoms with E-state index < -0.39 is 17.5 Å². The fraction of sp³-hybridized carbons (Fsp3) is 0.0556. The zero-order chi connectivity index (χ0) is 14.8. The van der Waals surface area contributed by atoms with E-state index in [-0.39, 0.29) is 0 Å². The summed E-state index contributed by atoms with van der Waals surface area (Å²) >= 11 is 0. The van der Waals surface area contributed by atoms with E-state index in [0.29, 0.717) is 12.0 Å². The van der Waals surface area contributed by atoms with Gasteiger partial charge in [-0.1, -0.05) is 42.5 Å². The van der Waals surface area contributed by atoms with E-state index in [0.717, 1.165) is 28.5 Å². The van der Waals surface area contributed by atoms with Gasteiger partial charge in [0.15, 0.2) is 17.5 Å². The van der Waals surface area contributed by atoms with Crippen molar-refractivity contribution in [3.05, 3.63) is 89.6 Å². The topological polar surface area (TPSA) is 0 Å². The molecule has 0 aromatic heterocycles. The molecule has 0 aliphatic carbocycles. The maximum Gasteiger partial charge on any atom is 0.194 e. The standard InChI is InChI=1S/C18H12F3/c19-16-10-13(11-17(20)18(16)21)6-5-12-7-8-14-3-1-2-4-15(14)9-12/h1-5,7-11H,6H2. The van der Waals surface area contributed by atoms with Crippen LogP contribution in [0.2, 0.25) is 0 Å². The largest absolute Gasteiger partial charge is 0.204 e. The lowest BCUT2D eigenvalue weighted by Gasteiger charge is -2.05. The first-order chi connectivity index (χ1) is 10.1. The Morgan fingerprint density at radius 3 is 2.14 bits per heavy atom. The van der Waals surface area contributed by atoms with Gasteiger partial charge in [-0.15, -0.1) is 0 Å². The minimum atomic E-state index is -1.43. The summed E-state index contributed by atoms with van der Waals surface area (Å²) in [5.74, 6) is -3.74. The molecule has 0 fully saturated rings. The molecule has 0 aliphatic heterocycles. The molecule has 3 rings (SSSR count). The summed E-state index contributed by atoms with van der Waals surface area (Å²) in [5.41, 5.74) is 1.36. The third-order valence-corrected chi connectivity index (χ3v) is 3.39. The van der Waals surface area contributed by atoms with Crippen molar-refractivity contribution in [3.63, 3.8) is 0 Å². The van der Waals surface area contributed by atoms with E-state index in [9.17, 15) is 13.2 Å². The quantitative estimate of drug-likeness (QED) is 0.591. The lowest BCUT2D eigenvalue weighted by atomic mass is 10.0. The van der Waals surface area contributed by atoms with Crippen molar-refractivity contribution in [1.82, 2.24) is 0 Å². The number of hydrogen-bond acceptors (Lipinski definition) is 0. The molecule has 0 heterocycles. The van der Waals surface area contributed by atoms with Crippen LogP contribution in [0.3, 0.4) is 0 Å². The molecule has 3 aromatic carbocycles. The van der Waals surface area contributed by atoms with Crippen LogP contribution in [0.15, 0.2) is 54.6 Å². The maximum absolute atomic E-state index is 13.1. The lowest BCUT2D eigenvalue weighted by Crippen LogP contribution is -1.96. The second-order valence-electron chi connectivity index (χ2n) is 4.89. The molecule has 21 heavy (non-hydrogen) atoms. The summed E-state index contributed by atoms with van der Waals surface area (Å²) in [6, 6.07) is 15.9. The molecule has 0 saturated carbocycles. The highest BCUT2D eigenvalue weighted by atomic mass is 19.2. The van der Waals surface area contributed by atoms with Gasteiger partial charge in [-0.25, -0.2) is 13.2 Å². The van der Waals surface area contributed by atoms with Crippen LogP contribution in [0.4, 0.5) is 13.2 Å². The van der Waals surface area contributed by atoms with Crippen LogP contribution >= 0.6 is 0 Å². The van der Waals surface area contributed by atoms with E-state index in [4.69, 9.17) is 0 Å². The van der Waals surface area contributed by atoms with Crippen LogP contribution < -0.4 is 0 Å². The molecule has 3 aromatic rings. The Morgan fingerprint density at radius 1 is 0.762 bits per heavy atom. The van der Waals surface area contributed by atoms with Gasteiger partial charge in [0.25, 0.3) is 0 Å². The third kappa shape index (κ3) is 2.92. The number of fused-ring (bicyclic) bond motifs is 1. The molecule has 0 spiro atoms. The number of benzene rings is 3. The van der Waals surface area contributed by atoms with Crippen molar-refractivity contribution in [3.8, 4) is 0 Å². The van der Waals surface area contributed by atoms with Gasteiger partial charge >= 0.3 is 0 Å². The van der Waals surface area contributed by atoms with Gasteiger partial charge in [-0.05, 0) is 46.9 Å². The summed E-state index contributed by atoms with van der Waals surface area (Å²) < 4.78 is 39.2. The molecule has 105 valence electrons. The molecular formula is C18H12F3. The van der Waals surface area contributed by atoms with Crippen molar-refractivity contribution in [2.45, 2.75) is 6.42 Å². The van der Waals surface area contributed by atoms with E-state index in [1.807, 2.05) is 48.9 Å². The Hall–Kier alpha value is -2.29. The molecule has 1 radical (unpaired) electrons. The highest BCUT2D eigenvalue weighted by Crippen LogP contribution is 2.19. The highest BCUT2D eigenvalue weighted by molar-refractivity contribution is 5.83. The van der Waals surface area contributed by atoms with E-state index in [1.54, 1.807) is 0 Å². The molecular weight excluding hydrogens is 273 g/mol. The summed E-state index contributed by atoms with van der Waals surface area (Å²) in [6.07, 6.45) is 2.20. The van der Waals surface area contributed by atoms with Gasteiger partial charge in [0, 0.05) is 0 Å². The fourth-order valence-electron chi connectivity index (χ4n) is 2.30. The van der Waals surface area contributed by atoms with Gasteiger partial charge in [-0.3, -0.25) is 0 Å². The average Bonchev–Trinajstić information content (AvgIpc) is 2.50. The van der Waals surface area contributed by atoms with Gasteiger partial charge in [-0.2, -0.15) is 0 Å². The van der Waals surface area contributed by atoms with Crippen LogP contribution in [-0.4, -0.2) is 0 Å². The van der Waals surface area contributed by atoms with Crippen molar-refractivity contribution < 1.29 is 13.2 Å². The lowest BCUT2D eigenvalue weighted by molar-refractivity contribution is 0.445. The van der Waals surface area contributed by atoms with Crippen molar-refractivity contribution in [1.29, 1.82) is 0 Å². The molecule has 3 heteroatoms. The zero-order valence-corrected chi connectivity index (χ0v) is 11.1. The molecule has 0 N–H and O–H groups in total. The number of hydrogen-bond donors (Lipinski definition) is 0. The minimum absolute atomic E-state index is 0.340. The summed E-state index contributed by atoms with van der Waals surface area (Å²) in [4.78, 5) is 0. The first-order valence-electron chi connectivity index (χ1n) is 6.59. The fourth-order valence-corrected chi connectivity index (χ4v) is 2.30. The van der Waals surface area contributed by atoms with Crippen molar-refractivity contribution in [2.75, 3.05) is 0 Å². The summed E-state index contributed by atoms with van der Waals surface area (Å²) in [5, 5.41) is 2.23. The summed E-state index contributed by atoms with van der Waals surface area (Å²) in [6.45, 7) is 0. The predicted octanol–water partition coefficient (Wildman–Crippen LogP) is 5.05. The minimum Gasteiger partial charge on any atom is -0.204 e. The monoisotopic (exact) mass is 285 g/mol. The second kappa shape index (κ2) is 5.60. The smallest absolute Gasteiger partial charge is 0.194 e. The van der Waals surface area contributed by atoms with E-state index in [1.165, 1.54) is 0 Å². The Bertz CT molecular complexity index is 770. The Kier molecular flexibility index (Phi) is 3.65. The summed E-state index contributed by atoms with van der Waals surface area (Å²) in [7, 11) is 0. The Labute approximate surface area is 120 Å². The highest BCUT2D eigenvalue weighted by Gasteiger charge is 2.10. The molecule has 0 unspecified atom stereocenters. The van der Waals surface area contributed by atoms with Gasteiger partial charge in [0.2, 0.25) is 0 Å². The van der Waals surface area contributed by atoms with Gasteiger partial charge in [0.1, 0.15) is 0 Å². The van der Waals surface area contributed by atoms with Crippen LogP contribution in [0.25, 0.3) is 10.8 Å². The number of rotatable bonds is 3. The molecule has 0 saturated heterocycles. The molecule has 0 bridgehead atoms. The maximum atomic E-state index is 13.1. The van der Waals surface area contributed by atoms with Gasteiger partial charge < -0.3 is 0 Å². The zero-order valence-electron chi connectivity index (χ0n) is 11.1. The van der Waals surface area contributed by atoms with Crippen molar-refractivity contribution >= 4 is 10.8 Å². The number of halogens is 3.